The first kappa shape index (κ1) is 14.2. The molecular formula is C14H16ClN3S. The molecule has 5 heteroatoms. The lowest BCUT2D eigenvalue weighted by molar-refractivity contribution is 0.590. The number of nitrogen functional groups attached to an aromatic ring is 1. The number of hydrogen-bond acceptors (Lipinski definition) is 4. The van der Waals surface area contributed by atoms with Crippen molar-refractivity contribution in [3.05, 3.63) is 41.0 Å². The lowest BCUT2D eigenvalue weighted by Crippen LogP contribution is -2.10. The van der Waals surface area contributed by atoms with E-state index >= 15 is 0 Å². The van der Waals surface area contributed by atoms with Crippen LogP contribution in [0.1, 0.15) is 26.3 Å². The van der Waals surface area contributed by atoms with Crippen molar-refractivity contribution in [2.45, 2.75) is 36.1 Å². The highest BCUT2D eigenvalue weighted by Gasteiger charge is 2.13. The summed E-state index contributed by atoms with van der Waals surface area (Å²) in [5, 5.41) is 1.19. The molecule has 0 aliphatic heterocycles. The number of nitrogens with zero attached hydrogens (tertiary/aromatic N) is 2. The van der Waals surface area contributed by atoms with E-state index in [0.717, 1.165) is 4.90 Å². The summed E-state index contributed by atoms with van der Waals surface area (Å²) in [5.41, 5.74) is 7.02. The molecule has 3 nitrogen and oxygen atoms in total. The third-order valence-electron chi connectivity index (χ3n) is 2.67. The van der Waals surface area contributed by atoms with Crippen molar-refractivity contribution in [3.63, 3.8) is 0 Å². The molecule has 0 aliphatic rings. The van der Waals surface area contributed by atoms with Gasteiger partial charge in [-0.15, -0.1) is 0 Å². The maximum absolute atomic E-state index is 6.05. The molecule has 100 valence electrons. The van der Waals surface area contributed by atoms with Crippen molar-refractivity contribution in [1.82, 2.24) is 9.97 Å². The summed E-state index contributed by atoms with van der Waals surface area (Å²) in [6, 6.07) is 8.39. The van der Waals surface area contributed by atoms with Gasteiger partial charge in [-0.1, -0.05) is 56.3 Å². The number of benzene rings is 1. The summed E-state index contributed by atoms with van der Waals surface area (Å²) in [5.74, 6) is 0.234. The minimum Gasteiger partial charge on any atom is -0.368 e. The van der Waals surface area contributed by atoms with Crippen LogP contribution in [0, 0.1) is 0 Å². The van der Waals surface area contributed by atoms with Gasteiger partial charge in [0.05, 0.1) is 11.2 Å². The van der Waals surface area contributed by atoms with E-state index in [1.807, 2.05) is 0 Å². The maximum Gasteiger partial charge on any atom is 0.221 e. The van der Waals surface area contributed by atoms with Gasteiger partial charge in [-0.25, -0.2) is 9.97 Å². The molecule has 19 heavy (non-hydrogen) atoms. The standard InChI is InChI=1S/C14H16ClN3S/c1-14(2,3)9-4-6-10(7-5-9)19-12-11(15)8-17-13(16)18-12/h4-8H,1-3H3,(H2,16,17,18). The van der Waals surface area contributed by atoms with E-state index in [4.69, 9.17) is 17.3 Å². The SMILES string of the molecule is CC(C)(C)c1ccc(Sc2nc(N)ncc2Cl)cc1. The Bertz CT molecular complexity index is 576. The van der Waals surface area contributed by atoms with E-state index in [9.17, 15) is 0 Å². The third kappa shape index (κ3) is 3.61. The van der Waals surface area contributed by atoms with Gasteiger partial charge in [0.1, 0.15) is 5.03 Å². The van der Waals surface area contributed by atoms with Crippen LogP contribution in [0.25, 0.3) is 0 Å². The lowest BCUT2D eigenvalue weighted by Gasteiger charge is -2.19. The Hall–Kier alpha value is -1.26. The van der Waals surface area contributed by atoms with Crippen LogP contribution >= 0.6 is 23.4 Å². The van der Waals surface area contributed by atoms with Gasteiger partial charge in [-0.2, -0.15) is 0 Å². The number of rotatable bonds is 2. The Balaban J connectivity index is 2.22. The van der Waals surface area contributed by atoms with E-state index in [-0.39, 0.29) is 11.4 Å². The van der Waals surface area contributed by atoms with Crippen molar-refractivity contribution in [2.75, 3.05) is 5.73 Å². The monoisotopic (exact) mass is 293 g/mol. The summed E-state index contributed by atoms with van der Waals surface area (Å²) < 4.78 is 0. The Morgan fingerprint density at radius 3 is 2.37 bits per heavy atom. The summed E-state index contributed by atoms with van der Waals surface area (Å²) in [4.78, 5) is 9.06. The van der Waals surface area contributed by atoms with Crippen molar-refractivity contribution in [2.24, 2.45) is 0 Å². The topological polar surface area (TPSA) is 51.8 Å². The average Bonchev–Trinajstić information content (AvgIpc) is 2.33. The second-order valence-corrected chi connectivity index (χ2v) is 6.73. The first-order valence-electron chi connectivity index (χ1n) is 5.92. The normalized spacial score (nSPS) is 11.6. The van der Waals surface area contributed by atoms with Crippen LogP contribution in [0.15, 0.2) is 40.4 Å². The molecule has 0 fully saturated rings. The molecule has 0 bridgehead atoms. The van der Waals surface area contributed by atoms with Crippen molar-refractivity contribution < 1.29 is 0 Å². The number of nitrogens with two attached hydrogens (primary N) is 1. The lowest BCUT2D eigenvalue weighted by atomic mass is 9.87. The molecule has 2 aromatic rings. The molecule has 0 saturated carbocycles. The fourth-order valence-electron chi connectivity index (χ4n) is 1.57. The zero-order chi connectivity index (χ0) is 14.0. The molecular weight excluding hydrogens is 278 g/mol. The molecule has 0 atom stereocenters. The number of anilines is 1. The Morgan fingerprint density at radius 1 is 1.16 bits per heavy atom. The fourth-order valence-corrected chi connectivity index (χ4v) is 2.56. The van der Waals surface area contributed by atoms with Gasteiger partial charge in [0.2, 0.25) is 5.95 Å². The van der Waals surface area contributed by atoms with Gasteiger partial charge in [-0.3, -0.25) is 0 Å². The van der Waals surface area contributed by atoms with Crippen LogP contribution in [0.5, 0.6) is 0 Å². The smallest absolute Gasteiger partial charge is 0.221 e. The number of hydrogen-bond donors (Lipinski definition) is 1. The van der Waals surface area contributed by atoms with Gasteiger partial charge in [0, 0.05) is 4.90 Å². The minimum atomic E-state index is 0.153. The van der Waals surface area contributed by atoms with E-state index in [2.05, 4.69) is 55.0 Å². The molecule has 2 rings (SSSR count). The van der Waals surface area contributed by atoms with Gasteiger partial charge < -0.3 is 5.73 Å². The van der Waals surface area contributed by atoms with E-state index in [0.29, 0.717) is 10.0 Å². The zero-order valence-electron chi connectivity index (χ0n) is 11.1. The van der Waals surface area contributed by atoms with Crippen molar-refractivity contribution in [1.29, 1.82) is 0 Å². The second kappa shape index (κ2) is 5.39. The van der Waals surface area contributed by atoms with Gasteiger partial charge in [0.15, 0.2) is 0 Å². The van der Waals surface area contributed by atoms with E-state index in [1.165, 1.54) is 23.5 Å². The summed E-state index contributed by atoms with van der Waals surface area (Å²) in [6.45, 7) is 6.57. The molecule has 0 saturated heterocycles. The second-order valence-electron chi connectivity index (χ2n) is 5.26. The minimum absolute atomic E-state index is 0.153. The predicted molar refractivity (Wildman–Crippen MR) is 80.7 cm³/mol. The highest BCUT2D eigenvalue weighted by molar-refractivity contribution is 7.99. The van der Waals surface area contributed by atoms with E-state index in [1.54, 1.807) is 0 Å². The maximum atomic E-state index is 6.05. The van der Waals surface area contributed by atoms with Crippen LogP contribution in [0.2, 0.25) is 5.02 Å². The largest absolute Gasteiger partial charge is 0.368 e. The molecule has 1 heterocycles. The summed E-state index contributed by atoms with van der Waals surface area (Å²) in [6.07, 6.45) is 1.52. The molecule has 1 aromatic carbocycles. The predicted octanol–water partition coefficient (Wildman–Crippen LogP) is 4.16. The average molecular weight is 294 g/mol. The Kier molecular flexibility index (Phi) is 4.02. The first-order chi connectivity index (χ1) is 8.86. The van der Waals surface area contributed by atoms with Crippen LogP contribution in [-0.4, -0.2) is 9.97 Å². The fraction of sp³-hybridized carbons (Fsp3) is 0.286. The van der Waals surface area contributed by atoms with Crippen LogP contribution in [0.3, 0.4) is 0 Å². The number of aromatic nitrogens is 2. The summed E-state index contributed by atoms with van der Waals surface area (Å²) >= 11 is 7.53. The van der Waals surface area contributed by atoms with Crippen LogP contribution in [-0.2, 0) is 5.41 Å². The Labute approximate surface area is 122 Å². The number of halogens is 1. The summed E-state index contributed by atoms with van der Waals surface area (Å²) in [7, 11) is 0. The van der Waals surface area contributed by atoms with Gasteiger partial charge >= 0.3 is 0 Å². The van der Waals surface area contributed by atoms with Crippen LogP contribution in [0.4, 0.5) is 5.95 Å². The van der Waals surface area contributed by atoms with Crippen molar-refractivity contribution >= 4 is 29.3 Å². The van der Waals surface area contributed by atoms with Gasteiger partial charge in [0.25, 0.3) is 0 Å². The van der Waals surface area contributed by atoms with Gasteiger partial charge in [-0.05, 0) is 23.1 Å². The molecule has 0 unspecified atom stereocenters. The molecule has 0 spiro atoms. The molecule has 1 aromatic heterocycles. The quantitative estimate of drug-likeness (QED) is 0.845. The molecule has 2 N–H and O–H groups in total. The van der Waals surface area contributed by atoms with Crippen LogP contribution < -0.4 is 5.73 Å². The highest BCUT2D eigenvalue weighted by atomic mass is 35.5. The third-order valence-corrected chi connectivity index (χ3v) is 4.07. The zero-order valence-corrected chi connectivity index (χ0v) is 12.7. The first-order valence-corrected chi connectivity index (χ1v) is 7.12. The molecule has 0 radical (unpaired) electrons. The van der Waals surface area contributed by atoms with Crippen molar-refractivity contribution in [3.8, 4) is 0 Å². The Morgan fingerprint density at radius 2 is 1.79 bits per heavy atom. The molecule has 0 aliphatic carbocycles. The highest BCUT2D eigenvalue weighted by Crippen LogP contribution is 2.33. The van der Waals surface area contributed by atoms with E-state index < -0.39 is 0 Å². The molecule has 0 amide bonds.